The van der Waals surface area contributed by atoms with Crippen LogP contribution in [0, 0.1) is 5.41 Å². The second-order valence-corrected chi connectivity index (χ2v) is 7.60. The summed E-state index contributed by atoms with van der Waals surface area (Å²) >= 11 is 0. The molecule has 0 amide bonds. The first-order chi connectivity index (χ1) is 6.83. The van der Waals surface area contributed by atoms with E-state index in [0.29, 0.717) is 6.42 Å². The standard InChI is InChI=1S/C10H21NO4S/c1-9(2,3)7-10(4,5)11-16(14,15)6-8(12)13/h11H,6-7H2,1-5H3,(H,12,13). The number of carbonyl (C=O) groups is 1. The minimum Gasteiger partial charge on any atom is -0.480 e. The molecule has 0 aliphatic carbocycles. The molecule has 0 atom stereocenters. The highest BCUT2D eigenvalue weighted by Gasteiger charge is 2.30. The molecule has 0 aliphatic heterocycles. The van der Waals surface area contributed by atoms with Crippen molar-refractivity contribution in [1.29, 1.82) is 0 Å². The van der Waals surface area contributed by atoms with Gasteiger partial charge in [0.25, 0.3) is 0 Å². The van der Waals surface area contributed by atoms with Crippen molar-refractivity contribution in [3.8, 4) is 0 Å². The van der Waals surface area contributed by atoms with E-state index < -0.39 is 27.3 Å². The molecule has 0 unspecified atom stereocenters. The minimum absolute atomic E-state index is 0.0325. The molecule has 0 saturated carbocycles. The summed E-state index contributed by atoms with van der Waals surface area (Å²) in [5.41, 5.74) is -0.679. The predicted octanol–water partition coefficient (Wildman–Crippen LogP) is 1.21. The van der Waals surface area contributed by atoms with Crippen LogP contribution in [0.4, 0.5) is 0 Å². The van der Waals surface area contributed by atoms with Gasteiger partial charge in [-0.05, 0) is 25.7 Å². The van der Waals surface area contributed by atoms with Crippen molar-refractivity contribution in [3.05, 3.63) is 0 Å². The van der Waals surface area contributed by atoms with Gasteiger partial charge in [-0.25, -0.2) is 13.1 Å². The summed E-state index contributed by atoms with van der Waals surface area (Å²) in [6, 6.07) is 0. The molecule has 0 saturated heterocycles. The lowest BCUT2D eigenvalue weighted by molar-refractivity contribution is -0.134. The second-order valence-electron chi connectivity index (χ2n) is 5.88. The fourth-order valence-electron chi connectivity index (χ4n) is 1.98. The van der Waals surface area contributed by atoms with Gasteiger partial charge in [-0.2, -0.15) is 0 Å². The van der Waals surface area contributed by atoms with Gasteiger partial charge < -0.3 is 5.11 Å². The molecule has 96 valence electrons. The van der Waals surface area contributed by atoms with Crippen LogP contribution in [0.25, 0.3) is 0 Å². The van der Waals surface area contributed by atoms with Crippen LogP contribution in [-0.2, 0) is 14.8 Å². The topological polar surface area (TPSA) is 83.5 Å². The summed E-state index contributed by atoms with van der Waals surface area (Å²) in [7, 11) is -3.76. The van der Waals surface area contributed by atoms with Crippen molar-refractivity contribution in [2.24, 2.45) is 5.41 Å². The van der Waals surface area contributed by atoms with Crippen LogP contribution in [-0.4, -0.2) is 30.8 Å². The molecule has 0 bridgehead atoms. The van der Waals surface area contributed by atoms with Gasteiger partial charge in [0.1, 0.15) is 0 Å². The molecule has 0 aromatic carbocycles. The number of hydrogen-bond acceptors (Lipinski definition) is 3. The van der Waals surface area contributed by atoms with Crippen molar-refractivity contribution in [1.82, 2.24) is 4.72 Å². The fourth-order valence-corrected chi connectivity index (χ4v) is 3.29. The van der Waals surface area contributed by atoms with Gasteiger partial charge in [-0.1, -0.05) is 20.8 Å². The summed E-state index contributed by atoms with van der Waals surface area (Å²) in [4.78, 5) is 10.4. The predicted molar refractivity (Wildman–Crippen MR) is 62.7 cm³/mol. The lowest BCUT2D eigenvalue weighted by Gasteiger charge is -2.32. The van der Waals surface area contributed by atoms with E-state index in [1.807, 2.05) is 20.8 Å². The first kappa shape index (κ1) is 15.4. The Morgan fingerprint density at radius 3 is 1.94 bits per heavy atom. The van der Waals surface area contributed by atoms with Gasteiger partial charge in [0.05, 0.1) is 0 Å². The van der Waals surface area contributed by atoms with E-state index in [9.17, 15) is 13.2 Å². The molecule has 0 fully saturated rings. The molecule has 0 aliphatic rings. The Morgan fingerprint density at radius 1 is 1.19 bits per heavy atom. The van der Waals surface area contributed by atoms with Gasteiger partial charge >= 0.3 is 5.97 Å². The van der Waals surface area contributed by atoms with Gasteiger partial charge in [0.15, 0.2) is 5.75 Å². The quantitative estimate of drug-likeness (QED) is 0.769. The average molecular weight is 251 g/mol. The van der Waals surface area contributed by atoms with Crippen molar-refractivity contribution in [2.75, 3.05) is 5.75 Å². The highest BCUT2D eigenvalue weighted by molar-refractivity contribution is 7.90. The maximum atomic E-state index is 11.5. The molecule has 0 aromatic rings. The third-order valence-electron chi connectivity index (χ3n) is 1.72. The number of carboxylic acids is 1. The Balaban J connectivity index is 4.65. The Labute approximate surface area is 97.3 Å². The minimum atomic E-state index is -3.76. The molecule has 0 rings (SSSR count). The van der Waals surface area contributed by atoms with Crippen molar-refractivity contribution in [3.63, 3.8) is 0 Å². The molecule has 0 radical (unpaired) electrons. The number of nitrogens with one attached hydrogen (secondary N) is 1. The first-order valence-electron chi connectivity index (χ1n) is 5.06. The van der Waals surface area contributed by atoms with E-state index in [-0.39, 0.29) is 5.41 Å². The summed E-state index contributed by atoms with van der Waals surface area (Å²) in [5, 5.41) is 8.46. The lowest BCUT2D eigenvalue weighted by Crippen LogP contribution is -2.47. The number of aliphatic carboxylic acids is 1. The zero-order valence-corrected chi connectivity index (χ0v) is 11.3. The Bertz CT molecular complexity index is 352. The van der Waals surface area contributed by atoms with Crippen molar-refractivity contribution >= 4 is 16.0 Å². The van der Waals surface area contributed by atoms with E-state index in [4.69, 9.17) is 5.11 Å². The van der Waals surface area contributed by atoms with Crippen LogP contribution in [0.1, 0.15) is 41.0 Å². The molecule has 16 heavy (non-hydrogen) atoms. The Morgan fingerprint density at radius 2 is 1.62 bits per heavy atom. The second kappa shape index (κ2) is 4.71. The van der Waals surface area contributed by atoms with Crippen LogP contribution in [0.2, 0.25) is 0 Å². The van der Waals surface area contributed by atoms with E-state index in [1.165, 1.54) is 0 Å². The Kier molecular flexibility index (Phi) is 4.53. The fraction of sp³-hybridized carbons (Fsp3) is 0.900. The third-order valence-corrected chi connectivity index (χ3v) is 3.21. The van der Waals surface area contributed by atoms with E-state index in [0.717, 1.165) is 0 Å². The molecular weight excluding hydrogens is 230 g/mol. The van der Waals surface area contributed by atoms with Gasteiger partial charge in [-0.15, -0.1) is 0 Å². The third kappa shape index (κ3) is 7.64. The SMILES string of the molecule is CC(C)(C)CC(C)(C)NS(=O)(=O)CC(=O)O. The van der Waals surface area contributed by atoms with Gasteiger partial charge in [0.2, 0.25) is 10.0 Å². The summed E-state index contributed by atoms with van der Waals surface area (Å²) in [5.74, 6) is -2.24. The van der Waals surface area contributed by atoms with E-state index in [2.05, 4.69) is 4.72 Å². The van der Waals surface area contributed by atoms with Crippen LogP contribution in [0.5, 0.6) is 0 Å². The van der Waals surface area contributed by atoms with Gasteiger partial charge in [-0.3, -0.25) is 4.79 Å². The normalized spacial score (nSPS) is 13.8. The van der Waals surface area contributed by atoms with Crippen LogP contribution in [0.3, 0.4) is 0 Å². The summed E-state index contributed by atoms with van der Waals surface area (Å²) in [6.45, 7) is 9.50. The smallest absolute Gasteiger partial charge is 0.320 e. The number of carboxylic acid groups (broad SMARTS) is 1. The van der Waals surface area contributed by atoms with E-state index in [1.54, 1.807) is 13.8 Å². The van der Waals surface area contributed by atoms with Crippen molar-refractivity contribution in [2.45, 2.75) is 46.6 Å². The first-order valence-corrected chi connectivity index (χ1v) is 6.72. The number of rotatable bonds is 5. The molecule has 0 heterocycles. The monoisotopic (exact) mass is 251 g/mol. The maximum absolute atomic E-state index is 11.5. The molecular formula is C10H21NO4S. The Hall–Kier alpha value is -0.620. The maximum Gasteiger partial charge on any atom is 0.320 e. The van der Waals surface area contributed by atoms with Gasteiger partial charge in [0, 0.05) is 5.54 Å². The largest absolute Gasteiger partial charge is 0.480 e. The highest BCUT2D eigenvalue weighted by atomic mass is 32.2. The molecule has 6 heteroatoms. The average Bonchev–Trinajstić information content (AvgIpc) is 1.69. The number of hydrogen-bond donors (Lipinski definition) is 2. The summed E-state index contributed by atoms with van der Waals surface area (Å²) < 4.78 is 25.3. The zero-order valence-electron chi connectivity index (χ0n) is 10.5. The summed E-state index contributed by atoms with van der Waals surface area (Å²) in [6.07, 6.45) is 0.624. The van der Waals surface area contributed by atoms with Crippen molar-refractivity contribution < 1.29 is 18.3 Å². The molecule has 0 spiro atoms. The van der Waals surface area contributed by atoms with Crippen LogP contribution in [0.15, 0.2) is 0 Å². The van der Waals surface area contributed by atoms with E-state index >= 15 is 0 Å². The zero-order chi connectivity index (χ0) is 13.2. The van der Waals surface area contributed by atoms with Crippen LogP contribution < -0.4 is 4.72 Å². The van der Waals surface area contributed by atoms with Crippen LogP contribution >= 0.6 is 0 Å². The molecule has 5 nitrogen and oxygen atoms in total. The molecule has 2 N–H and O–H groups in total. The lowest BCUT2D eigenvalue weighted by atomic mass is 9.82. The number of sulfonamides is 1. The molecule has 0 aromatic heterocycles. The highest BCUT2D eigenvalue weighted by Crippen LogP contribution is 2.27.